The van der Waals surface area contributed by atoms with Crippen molar-refractivity contribution in [2.24, 2.45) is 5.92 Å². The molecule has 0 aliphatic carbocycles. The number of hydrogen-bond donors (Lipinski definition) is 2. The van der Waals surface area contributed by atoms with Crippen LogP contribution in [0.25, 0.3) is 0 Å². The molecule has 3 atom stereocenters. The van der Waals surface area contributed by atoms with Crippen LogP contribution in [0.2, 0.25) is 0 Å². The maximum absolute atomic E-state index is 9.36. The minimum Gasteiger partial charge on any atom is -0.387 e. The number of aliphatic hydroxyl groups is 1. The summed E-state index contributed by atoms with van der Waals surface area (Å²) in [7, 11) is 0. The molecule has 2 heteroatoms. The Kier molecular flexibility index (Phi) is 2.69. The highest BCUT2D eigenvalue weighted by Crippen LogP contribution is 2.05. The lowest BCUT2D eigenvalue weighted by atomic mass is 9.98. The van der Waals surface area contributed by atoms with Crippen molar-refractivity contribution in [3.63, 3.8) is 0 Å². The molecule has 0 bridgehead atoms. The molecule has 0 amide bonds. The summed E-state index contributed by atoms with van der Waals surface area (Å²) in [4.78, 5) is 1.55. The van der Waals surface area contributed by atoms with Crippen molar-refractivity contribution in [2.45, 2.75) is 26.4 Å². The number of aliphatic hydroxyl groups excluding tert-OH is 1. The lowest BCUT2D eigenvalue weighted by Crippen LogP contribution is -3.14. The van der Waals surface area contributed by atoms with Gasteiger partial charge in [0.15, 0.2) is 0 Å². The number of hydrogen-bond acceptors (Lipinski definition) is 1. The van der Waals surface area contributed by atoms with Crippen molar-refractivity contribution >= 4 is 0 Å². The van der Waals surface area contributed by atoms with Crippen molar-refractivity contribution in [3.05, 3.63) is 0 Å². The number of likely N-dealkylation sites (tertiary alicyclic amines) is 1. The zero-order valence-corrected chi connectivity index (χ0v) is 6.93. The van der Waals surface area contributed by atoms with Gasteiger partial charge in [-0.25, -0.2) is 0 Å². The third-order valence-electron chi connectivity index (χ3n) is 2.34. The quantitative estimate of drug-likeness (QED) is 0.499. The maximum Gasteiger partial charge on any atom is 0.103 e. The number of rotatable bonds is 1. The first-order valence-corrected chi connectivity index (χ1v) is 4.24. The van der Waals surface area contributed by atoms with Crippen LogP contribution >= 0.6 is 0 Å². The fourth-order valence-corrected chi connectivity index (χ4v) is 1.83. The summed E-state index contributed by atoms with van der Waals surface area (Å²) in [6.07, 6.45) is 0.961. The minimum absolute atomic E-state index is 0.0429. The van der Waals surface area contributed by atoms with Gasteiger partial charge >= 0.3 is 0 Å². The Morgan fingerprint density at radius 1 is 1.50 bits per heavy atom. The maximum atomic E-state index is 9.36. The van der Waals surface area contributed by atoms with Crippen LogP contribution in [0.3, 0.4) is 0 Å². The van der Waals surface area contributed by atoms with E-state index in [1.807, 2.05) is 0 Å². The SMILES string of the molecule is CC[NH+]1C[C@H](C)C[C@H](O)C1. The summed E-state index contributed by atoms with van der Waals surface area (Å²) in [6, 6.07) is 0. The second-order valence-corrected chi connectivity index (χ2v) is 3.51. The monoisotopic (exact) mass is 144 g/mol. The standard InChI is InChI=1S/C8H17NO/c1-3-9-5-7(2)4-8(10)6-9/h7-8,10H,3-6H2,1-2H3/p+1/t7-,8+/m1/s1. The van der Waals surface area contributed by atoms with Gasteiger partial charge in [-0.05, 0) is 13.3 Å². The third kappa shape index (κ3) is 1.96. The molecule has 1 aliphatic heterocycles. The summed E-state index contributed by atoms with van der Waals surface area (Å²) in [6.45, 7) is 7.76. The van der Waals surface area contributed by atoms with Crippen molar-refractivity contribution in [1.29, 1.82) is 0 Å². The molecule has 0 aromatic rings. The molecule has 0 radical (unpaired) electrons. The topological polar surface area (TPSA) is 24.7 Å². The van der Waals surface area contributed by atoms with Gasteiger partial charge in [0, 0.05) is 5.92 Å². The summed E-state index contributed by atoms with van der Waals surface area (Å²) in [5.74, 6) is 0.707. The van der Waals surface area contributed by atoms with E-state index in [4.69, 9.17) is 0 Å². The first kappa shape index (κ1) is 8.02. The summed E-state index contributed by atoms with van der Waals surface area (Å²) < 4.78 is 0. The van der Waals surface area contributed by atoms with E-state index in [-0.39, 0.29) is 6.10 Å². The Morgan fingerprint density at radius 2 is 2.20 bits per heavy atom. The van der Waals surface area contributed by atoms with Gasteiger partial charge in [0.05, 0.1) is 13.1 Å². The van der Waals surface area contributed by atoms with E-state index in [1.165, 1.54) is 6.54 Å². The lowest BCUT2D eigenvalue weighted by Gasteiger charge is -2.30. The summed E-state index contributed by atoms with van der Waals surface area (Å²) >= 11 is 0. The molecule has 1 aliphatic rings. The molecule has 1 saturated heterocycles. The van der Waals surface area contributed by atoms with Crippen LogP contribution < -0.4 is 4.90 Å². The molecule has 10 heavy (non-hydrogen) atoms. The summed E-state index contributed by atoms with van der Waals surface area (Å²) in [5.41, 5.74) is 0. The van der Waals surface area contributed by atoms with Gasteiger partial charge in [-0.15, -0.1) is 0 Å². The fourth-order valence-electron chi connectivity index (χ4n) is 1.83. The number of quaternary nitrogens is 1. The highest BCUT2D eigenvalue weighted by molar-refractivity contribution is 4.63. The predicted octanol–water partition coefficient (Wildman–Crippen LogP) is -0.708. The predicted molar refractivity (Wildman–Crippen MR) is 41.0 cm³/mol. The molecule has 1 heterocycles. The van der Waals surface area contributed by atoms with Crippen LogP contribution in [-0.4, -0.2) is 30.8 Å². The van der Waals surface area contributed by atoms with E-state index in [9.17, 15) is 5.11 Å². The Labute approximate surface area is 62.8 Å². The van der Waals surface area contributed by atoms with Crippen LogP contribution in [0, 0.1) is 5.92 Å². The van der Waals surface area contributed by atoms with Gasteiger partial charge < -0.3 is 10.0 Å². The highest BCUT2D eigenvalue weighted by atomic mass is 16.3. The molecule has 0 aromatic carbocycles. The number of piperidine rings is 1. The number of likely N-dealkylation sites (N-methyl/N-ethyl adjacent to an activating group) is 1. The largest absolute Gasteiger partial charge is 0.387 e. The second kappa shape index (κ2) is 3.35. The van der Waals surface area contributed by atoms with Gasteiger partial charge in [-0.1, -0.05) is 6.92 Å². The Hall–Kier alpha value is -0.0800. The smallest absolute Gasteiger partial charge is 0.103 e. The van der Waals surface area contributed by atoms with Crippen LogP contribution in [0.5, 0.6) is 0 Å². The minimum atomic E-state index is -0.0429. The fraction of sp³-hybridized carbons (Fsp3) is 1.00. The zero-order chi connectivity index (χ0) is 7.56. The lowest BCUT2D eigenvalue weighted by molar-refractivity contribution is -0.910. The number of nitrogens with one attached hydrogen (secondary N) is 1. The van der Waals surface area contributed by atoms with Crippen LogP contribution in [0.1, 0.15) is 20.3 Å². The molecule has 0 saturated carbocycles. The highest BCUT2D eigenvalue weighted by Gasteiger charge is 2.24. The van der Waals surface area contributed by atoms with E-state index in [2.05, 4.69) is 13.8 Å². The molecule has 0 spiro atoms. The molecule has 2 nitrogen and oxygen atoms in total. The van der Waals surface area contributed by atoms with Crippen LogP contribution in [0.4, 0.5) is 0 Å². The summed E-state index contributed by atoms with van der Waals surface area (Å²) in [5, 5.41) is 9.36. The Bertz CT molecular complexity index is 95.4. The Morgan fingerprint density at radius 3 is 2.70 bits per heavy atom. The first-order valence-electron chi connectivity index (χ1n) is 4.24. The molecule has 1 fully saturated rings. The second-order valence-electron chi connectivity index (χ2n) is 3.51. The van der Waals surface area contributed by atoms with E-state index >= 15 is 0 Å². The molecular formula is C8H18NO+. The van der Waals surface area contributed by atoms with Gasteiger partial charge in [-0.3, -0.25) is 0 Å². The molecule has 60 valence electrons. The van der Waals surface area contributed by atoms with Crippen molar-refractivity contribution in [3.8, 4) is 0 Å². The molecule has 0 aromatic heterocycles. The molecular weight excluding hydrogens is 126 g/mol. The van der Waals surface area contributed by atoms with Crippen LogP contribution in [-0.2, 0) is 0 Å². The van der Waals surface area contributed by atoms with Gasteiger partial charge in [0.1, 0.15) is 12.6 Å². The van der Waals surface area contributed by atoms with Gasteiger partial charge in [-0.2, -0.15) is 0 Å². The average Bonchev–Trinajstić information content (AvgIpc) is 1.85. The third-order valence-corrected chi connectivity index (χ3v) is 2.34. The van der Waals surface area contributed by atoms with Gasteiger partial charge in [0.25, 0.3) is 0 Å². The van der Waals surface area contributed by atoms with Crippen molar-refractivity contribution in [2.75, 3.05) is 19.6 Å². The first-order chi connectivity index (χ1) is 4.72. The van der Waals surface area contributed by atoms with Crippen molar-refractivity contribution in [1.82, 2.24) is 0 Å². The van der Waals surface area contributed by atoms with Gasteiger partial charge in [0.2, 0.25) is 0 Å². The van der Waals surface area contributed by atoms with E-state index in [1.54, 1.807) is 4.90 Å². The van der Waals surface area contributed by atoms with E-state index in [0.717, 1.165) is 19.5 Å². The van der Waals surface area contributed by atoms with Crippen molar-refractivity contribution < 1.29 is 10.0 Å². The van der Waals surface area contributed by atoms with E-state index < -0.39 is 0 Å². The average molecular weight is 144 g/mol. The molecule has 1 unspecified atom stereocenters. The van der Waals surface area contributed by atoms with Crippen LogP contribution in [0.15, 0.2) is 0 Å². The molecule has 2 N–H and O–H groups in total. The zero-order valence-electron chi connectivity index (χ0n) is 6.93. The normalized spacial score (nSPS) is 41.7. The Balaban J connectivity index is 2.35. The van der Waals surface area contributed by atoms with E-state index in [0.29, 0.717) is 5.92 Å². The molecule has 1 rings (SSSR count).